The van der Waals surface area contributed by atoms with Crippen molar-refractivity contribution in [3.05, 3.63) is 0 Å². The normalized spacial score (nSPS) is 17.2. The van der Waals surface area contributed by atoms with Crippen LogP contribution in [0.3, 0.4) is 0 Å². The highest BCUT2D eigenvalue weighted by Crippen LogP contribution is 2.31. The van der Waals surface area contributed by atoms with Crippen LogP contribution in [0.25, 0.3) is 0 Å². The lowest BCUT2D eigenvalue weighted by Gasteiger charge is -2.27. The minimum atomic E-state index is -0.904. The Bertz CT molecular complexity index is 290. The third kappa shape index (κ3) is 4.05. The highest BCUT2D eigenvalue weighted by Gasteiger charge is 2.44. The zero-order valence-electron chi connectivity index (χ0n) is 10.7. The lowest BCUT2D eigenvalue weighted by atomic mass is 9.98. The molecule has 1 saturated carbocycles. The molecule has 0 spiro atoms. The summed E-state index contributed by atoms with van der Waals surface area (Å²) in [4.78, 5) is 23.6. The van der Waals surface area contributed by atoms with Gasteiger partial charge in [-0.25, -0.2) is 9.59 Å². The van der Waals surface area contributed by atoms with Gasteiger partial charge in [0.15, 0.2) is 0 Å². The van der Waals surface area contributed by atoms with Gasteiger partial charge in [0.2, 0.25) is 0 Å². The summed E-state index contributed by atoms with van der Waals surface area (Å²) in [6.45, 7) is 2.43. The van der Waals surface area contributed by atoms with E-state index in [4.69, 9.17) is 21.1 Å². The fourth-order valence-corrected chi connectivity index (χ4v) is 2.13. The van der Waals surface area contributed by atoms with E-state index in [0.29, 0.717) is 19.4 Å². The van der Waals surface area contributed by atoms with Gasteiger partial charge in [0, 0.05) is 0 Å². The van der Waals surface area contributed by atoms with Crippen LogP contribution in [0.15, 0.2) is 0 Å². The predicted octanol–water partition coefficient (Wildman–Crippen LogP) is 2.22. The van der Waals surface area contributed by atoms with Crippen molar-refractivity contribution in [1.82, 2.24) is 5.32 Å². The zero-order valence-corrected chi connectivity index (χ0v) is 11.4. The zero-order chi connectivity index (χ0) is 13.4. The maximum atomic E-state index is 12.0. The lowest BCUT2D eigenvalue weighted by molar-refractivity contribution is -0.151. The number of esters is 1. The number of carbonyl (C=O) groups is 2. The molecule has 1 aliphatic rings. The number of hydrogen-bond donors (Lipinski definition) is 1. The van der Waals surface area contributed by atoms with Gasteiger partial charge >= 0.3 is 12.1 Å². The van der Waals surface area contributed by atoms with Crippen LogP contribution < -0.4 is 5.32 Å². The second-order valence-corrected chi connectivity index (χ2v) is 4.75. The molecule has 0 bridgehead atoms. The minimum absolute atomic E-state index is 0.132. The number of amides is 1. The molecule has 0 saturated heterocycles. The second kappa shape index (κ2) is 7.46. The largest absolute Gasteiger partial charge is 0.464 e. The first-order valence-corrected chi connectivity index (χ1v) is 6.86. The molecule has 0 aromatic heterocycles. The standard InChI is InChI=1S/C12H20ClNO4/c1-2-8-17-10(15)12(5-3-4-6-12)14-11(16)18-9-7-13/h2-9H2,1H3,(H,14,16). The van der Waals surface area contributed by atoms with Crippen molar-refractivity contribution in [2.45, 2.75) is 44.6 Å². The van der Waals surface area contributed by atoms with Gasteiger partial charge in [-0.2, -0.15) is 0 Å². The first-order valence-electron chi connectivity index (χ1n) is 6.33. The number of carbonyl (C=O) groups excluding carboxylic acids is 2. The average molecular weight is 278 g/mol. The van der Waals surface area contributed by atoms with E-state index in [1.54, 1.807) is 0 Å². The van der Waals surface area contributed by atoms with E-state index in [0.717, 1.165) is 19.3 Å². The van der Waals surface area contributed by atoms with Gasteiger partial charge in [0.1, 0.15) is 12.1 Å². The SMILES string of the molecule is CCCOC(=O)C1(NC(=O)OCCCl)CCCC1. The van der Waals surface area contributed by atoms with Crippen molar-refractivity contribution in [2.75, 3.05) is 19.1 Å². The van der Waals surface area contributed by atoms with E-state index in [1.807, 2.05) is 6.92 Å². The Morgan fingerprint density at radius 3 is 2.44 bits per heavy atom. The summed E-state index contributed by atoms with van der Waals surface area (Å²) in [5.41, 5.74) is -0.904. The Morgan fingerprint density at radius 1 is 1.22 bits per heavy atom. The van der Waals surface area contributed by atoms with Gasteiger partial charge in [-0.05, 0) is 19.3 Å². The smallest absolute Gasteiger partial charge is 0.408 e. The number of alkyl carbamates (subject to hydrolysis) is 1. The number of alkyl halides is 1. The van der Waals surface area contributed by atoms with Crippen LogP contribution in [0.4, 0.5) is 4.79 Å². The van der Waals surface area contributed by atoms with Crippen molar-refractivity contribution in [2.24, 2.45) is 0 Å². The molecule has 1 rings (SSSR count). The van der Waals surface area contributed by atoms with Crippen molar-refractivity contribution in [3.8, 4) is 0 Å². The average Bonchev–Trinajstić information content (AvgIpc) is 2.83. The minimum Gasteiger partial charge on any atom is -0.464 e. The van der Waals surface area contributed by atoms with Gasteiger partial charge in [-0.15, -0.1) is 11.6 Å². The number of halogens is 1. The molecule has 0 radical (unpaired) electrons. The summed E-state index contributed by atoms with van der Waals surface area (Å²) in [6.07, 6.45) is 3.16. The monoisotopic (exact) mass is 277 g/mol. The Labute approximate surface area is 112 Å². The molecule has 1 amide bonds. The first-order chi connectivity index (χ1) is 8.64. The molecule has 0 atom stereocenters. The predicted molar refractivity (Wildman–Crippen MR) is 67.7 cm³/mol. The highest BCUT2D eigenvalue weighted by atomic mass is 35.5. The molecule has 5 nitrogen and oxygen atoms in total. The maximum Gasteiger partial charge on any atom is 0.408 e. The fraction of sp³-hybridized carbons (Fsp3) is 0.833. The Morgan fingerprint density at radius 2 is 1.89 bits per heavy atom. The quantitative estimate of drug-likeness (QED) is 0.597. The van der Waals surface area contributed by atoms with Crippen LogP contribution >= 0.6 is 11.6 Å². The molecule has 6 heteroatoms. The van der Waals surface area contributed by atoms with E-state index in [2.05, 4.69) is 5.32 Å². The lowest BCUT2D eigenvalue weighted by Crippen LogP contribution is -2.53. The van der Waals surface area contributed by atoms with Crippen molar-refractivity contribution >= 4 is 23.7 Å². The number of ether oxygens (including phenoxy) is 2. The summed E-state index contributed by atoms with van der Waals surface area (Å²) in [5.74, 6) is -0.120. The summed E-state index contributed by atoms with van der Waals surface area (Å²) in [7, 11) is 0. The molecular formula is C12H20ClNO4. The number of nitrogens with one attached hydrogen (secondary N) is 1. The molecule has 0 heterocycles. The van der Waals surface area contributed by atoms with E-state index in [1.165, 1.54) is 0 Å². The topological polar surface area (TPSA) is 64.6 Å². The van der Waals surface area contributed by atoms with Crippen molar-refractivity contribution < 1.29 is 19.1 Å². The Hall–Kier alpha value is -0.970. The highest BCUT2D eigenvalue weighted by molar-refractivity contribution is 6.18. The van der Waals surface area contributed by atoms with Crippen LogP contribution in [0, 0.1) is 0 Å². The van der Waals surface area contributed by atoms with Gasteiger partial charge in [0.05, 0.1) is 12.5 Å². The summed E-state index contributed by atoms with van der Waals surface area (Å²) in [6, 6.07) is 0. The second-order valence-electron chi connectivity index (χ2n) is 4.38. The van der Waals surface area contributed by atoms with Crippen LogP contribution in [0.1, 0.15) is 39.0 Å². The third-order valence-electron chi connectivity index (χ3n) is 2.94. The first kappa shape index (κ1) is 15.1. The van der Waals surface area contributed by atoms with Gasteiger partial charge in [-0.3, -0.25) is 0 Å². The van der Waals surface area contributed by atoms with E-state index >= 15 is 0 Å². The molecule has 18 heavy (non-hydrogen) atoms. The molecule has 1 fully saturated rings. The Kier molecular flexibility index (Phi) is 6.25. The van der Waals surface area contributed by atoms with Gasteiger partial charge in [0.25, 0.3) is 0 Å². The maximum absolute atomic E-state index is 12.0. The van der Waals surface area contributed by atoms with Crippen molar-refractivity contribution in [1.29, 1.82) is 0 Å². The van der Waals surface area contributed by atoms with E-state index in [9.17, 15) is 9.59 Å². The van der Waals surface area contributed by atoms with Crippen LogP contribution in [0.5, 0.6) is 0 Å². The van der Waals surface area contributed by atoms with Crippen LogP contribution in [-0.2, 0) is 14.3 Å². The molecule has 1 N–H and O–H groups in total. The molecule has 0 aromatic rings. The van der Waals surface area contributed by atoms with Crippen LogP contribution in [-0.4, -0.2) is 36.7 Å². The molecule has 0 aliphatic heterocycles. The molecule has 104 valence electrons. The van der Waals surface area contributed by atoms with Crippen molar-refractivity contribution in [3.63, 3.8) is 0 Å². The summed E-state index contributed by atoms with van der Waals surface area (Å²) >= 11 is 5.43. The molecule has 0 aromatic carbocycles. The Balaban J connectivity index is 2.57. The van der Waals surface area contributed by atoms with Crippen LogP contribution in [0.2, 0.25) is 0 Å². The fourth-order valence-electron chi connectivity index (χ4n) is 2.05. The molecule has 0 unspecified atom stereocenters. The number of hydrogen-bond acceptors (Lipinski definition) is 4. The molecule has 1 aliphatic carbocycles. The van der Waals surface area contributed by atoms with Gasteiger partial charge < -0.3 is 14.8 Å². The third-order valence-corrected chi connectivity index (χ3v) is 3.09. The summed E-state index contributed by atoms with van der Waals surface area (Å²) in [5, 5.41) is 2.64. The molecular weight excluding hydrogens is 258 g/mol. The van der Waals surface area contributed by atoms with E-state index < -0.39 is 11.6 Å². The van der Waals surface area contributed by atoms with E-state index in [-0.39, 0.29) is 18.5 Å². The summed E-state index contributed by atoms with van der Waals surface area (Å²) < 4.78 is 9.99. The number of rotatable bonds is 6. The van der Waals surface area contributed by atoms with Gasteiger partial charge in [-0.1, -0.05) is 19.8 Å².